The largest absolute Gasteiger partial charge is 0.330 e. The molecule has 0 aromatic carbocycles. The molecule has 1 heterocycles. The predicted molar refractivity (Wildman–Crippen MR) is 54.7 cm³/mol. The average molecular weight is 181 g/mol. The van der Waals surface area contributed by atoms with Crippen LogP contribution in [0.3, 0.4) is 0 Å². The summed E-state index contributed by atoms with van der Waals surface area (Å²) in [5.41, 5.74) is 6.87. The molecule has 0 saturated carbocycles. The minimum absolute atomic E-state index is 0.0621. The third-order valence-corrected chi connectivity index (χ3v) is 2.21. The lowest BCUT2D eigenvalue weighted by Gasteiger charge is -2.18. The summed E-state index contributed by atoms with van der Waals surface area (Å²) in [5.74, 6) is 0.399. The number of aromatic nitrogens is 2. The summed E-state index contributed by atoms with van der Waals surface area (Å²) in [7, 11) is 0. The first-order chi connectivity index (χ1) is 5.95. The first-order valence-corrected chi connectivity index (χ1v) is 4.70. The highest BCUT2D eigenvalue weighted by Gasteiger charge is 2.15. The minimum atomic E-state index is 0.0621. The smallest absolute Gasteiger partial charge is 0.0543 e. The van der Waals surface area contributed by atoms with E-state index < -0.39 is 0 Å². The molecular weight excluding hydrogens is 162 g/mol. The number of rotatable bonds is 2. The fourth-order valence-corrected chi connectivity index (χ4v) is 1.09. The summed E-state index contributed by atoms with van der Waals surface area (Å²) in [6, 6.07) is 0. The molecule has 1 unspecified atom stereocenters. The molecule has 0 aliphatic carbocycles. The van der Waals surface area contributed by atoms with Gasteiger partial charge >= 0.3 is 0 Å². The Morgan fingerprint density at radius 1 is 1.54 bits per heavy atom. The van der Waals surface area contributed by atoms with Crippen LogP contribution < -0.4 is 5.73 Å². The minimum Gasteiger partial charge on any atom is -0.330 e. The van der Waals surface area contributed by atoms with Crippen molar-refractivity contribution in [2.75, 3.05) is 6.54 Å². The van der Waals surface area contributed by atoms with E-state index in [9.17, 15) is 0 Å². The second-order valence-electron chi connectivity index (χ2n) is 4.53. The van der Waals surface area contributed by atoms with Gasteiger partial charge in [-0.3, -0.25) is 4.68 Å². The van der Waals surface area contributed by atoms with Gasteiger partial charge in [-0.25, -0.2) is 0 Å². The third-order valence-electron chi connectivity index (χ3n) is 2.21. The quantitative estimate of drug-likeness (QED) is 0.754. The summed E-state index contributed by atoms with van der Waals surface area (Å²) < 4.78 is 1.98. The van der Waals surface area contributed by atoms with E-state index in [4.69, 9.17) is 5.73 Å². The molecule has 0 aliphatic heterocycles. The zero-order chi connectivity index (χ0) is 10.1. The van der Waals surface area contributed by atoms with Gasteiger partial charge in [0.2, 0.25) is 0 Å². The molecule has 0 spiro atoms. The van der Waals surface area contributed by atoms with E-state index >= 15 is 0 Å². The van der Waals surface area contributed by atoms with Crippen molar-refractivity contribution in [1.82, 2.24) is 9.78 Å². The van der Waals surface area contributed by atoms with Crippen LogP contribution in [0.1, 0.15) is 39.2 Å². The maximum Gasteiger partial charge on any atom is 0.0543 e. The molecule has 0 aliphatic rings. The molecule has 0 saturated heterocycles. The lowest BCUT2D eigenvalue weighted by molar-refractivity contribution is 0.355. The Labute approximate surface area is 79.9 Å². The highest BCUT2D eigenvalue weighted by Crippen LogP contribution is 2.17. The lowest BCUT2D eigenvalue weighted by Crippen LogP contribution is -2.22. The zero-order valence-corrected chi connectivity index (χ0v) is 8.91. The Kier molecular flexibility index (Phi) is 2.76. The Hall–Kier alpha value is -0.830. The van der Waals surface area contributed by atoms with Crippen LogP contribution in [0.5, 0.6) is 0 Å². The monoisotopic (exact) mass is 181 g/mol. The van der Waals surface area contributed by atoms with E-state index in [-0.39, 0.29) is 5.54 Å². The van der Waals surface area contributed by atoms with Crippen molar-refractivity contribution in [2.24, 2.45) is 5.73 Å². The average Bonchev–Trinajstić information content (AvgIpc) is 2.50. The maximum absolute atomic E-state index is 5.59. The van der Waals surface area contributed by atoms with Crippen LogP contribution in [0.25, 0.3) is 0 Å². The lowest BCUT2D eigenvalue weighted by atomic mass is 10.1. The summed E-state index contributed by atoms with van der Waals surface area (Å²) in [6.45, 7) is 9.20. The Bertz CT molecular complexity index is 270. The molecule has 1 rings (SSSR count). The van der Waals surface area contributed by atoms with E-state index in [1.165, 1.54) is 5.56 Å². The maximum atomic E-state index is 5.59. The van der Waals surface area contributed by atoms with Gasteiger partial charge in [0.1, 0.15) is 0 Å². The van der Waals surface area contributed by atoms with E-state index in [1.54, 1.807) is 0 Å². The van der Waals surface area contributed by atoms with Crippen molar-refractivity contribution in [3.05, 3.63) is 18.0 Å². The van der Waals surface area contributed by atoms with Gasteiger partial charge in [0.05, 0.1) is 11.7 Å². The second kappa shape index (κ2) is 3.50. The molecule has 2 N–H and O–H groups in total. The Balaban J connectivity index is 2.87. The SMILES string of the molecule is CC(CN)c1cnn(C(C)(C)C)c1. The third kappa shape index (κ3) is 2.31. The number of nitrogens with zero attached hydrogens (tertiary/aromatic N) is 2. The molecule has 3 heteroatoms. The predicted octanol–water partition coefficient (Wildman–Crippen LogP) is 1.70. The number of hydrogen-bond acceptors (Lipinski definition) is 2. The molecule has 0 radical (unpaired) electrons. The van der Waals surface area contributed by atoms with E-state index in [0.717, 1.165) is 0 Å². The first-order valence-electron chi connectivity index (χ1n) is 4.70. The molecule has 0 amide bonds. The van der Waals surface area contributed by atoms with E-state index in [2.05, 4.69) is 39.0 Å². The molecular formula is C10H19N3. The fraction of sp³-hybridized carbons (Fsp3) is 0.700. The van der Waals surface area contributed by atoms with Crippen LogP contribution in [0.2, 0.25) is 0 Å². The summed E-state index contributed by atoms with van der Waals surface area (Å²) in [6.07, 6.45) is 3.99. The zero-order valence-electron chi connectivity index (χ0n) is 8.91. The second-order valence-corrected chi connectivity index (χ2v) is 4.53. The molecule has 3 nitrogen and oxygen atoms in total. The molecule has 1 aromatic heterocycles. The fourth-order valence-electron chi connectivity index (χ4n) is 1.09. The van der Waals surface area contributed by atoms with Gasteiger partial charge in [-0.2, -0.15) is 5.10 Å². The number of nitrogens with two attached hydrogens (primary N) is 1. The van der Waals surface area contributed by atoms with Crippen LogP contribution in [0.4, 0.5) is 0 Å². The molecule has 0 bridgehead atoms. The molecule has 74 valence electrons. The van der Waals surface area contributed by atoms with Gasteiger partial charge in [0.25, 0.3) is 0 Å². The molecule has 1 atom stereocenters. The van der Waals surface area contributed by atoms with Crippen molar-refractivity contribution in [3.63, 3.8) is 0 Å². The normalized spacial score (nSPS) is 14.5. The summed E-state index contributed by atoms with van der Waals surface area (Å²) >= 11 is 0. The highest BCUT2D eigenvalue weighted by atomic mass is 15.3. The van der Waals surface area contributed by atoms with Gasteiger partial charge < -0.3 is 5.73 Å². The van der Waals surface area contributed by atoms with Gasteiger partial charge in [-0.05, 0) is 38.8 Å². The Morgan fingerprint density at radius 3 is 2.54 bits per heavy atom. The van der Waals surface area contributed by atoms with Crippen molar-refractivity contribution in [1.29, 1.82) is 0 Å². The summed E-state index contributed by atoms with van der Waals surface area (Å²) in [5, 5.41) is 4.32. The highest BCUT2D eigenvalue weighted by molar-refractivity contribution is 5.11. The molecule has 13 heavy (non-hydrogen) atoms. The van der Waals surface area contributed by atoms with E-state index in [0.29, 0.717) is 12.5 Å². The first kappa shape index (κ1) is 10.3. The van der Waals surface area contributed by atoms with Crippen LogP contribution in [-0.2, 0) is 5.54 Å². The number of hydrogen-bond donors (Lipinski definition) is 1. The van der Waals surface area contributed by atoms with Crippen LogP contribution in [0, 0.1) is 0 Å². The van der Waals surface area contributed by atoms with Crippen molar-refractivity contribution < 1.29 is 0 Å². The van der Waals surface area contributed by atoms with Crippen molar-refractivity contribution >= 4 is 0 Å². The van der Waals surface area contributed by atoms with Crippen LogP contribution in [0.15, 0.2) is 12.4 Å². The Morgan fingerprint density at radius 2 is 2.15 bits per heavy atom. The van der Waals surface area contributed by atoms with Crippen LogP contribution in [-0.4, -0.2) is 16.3 Å². The van der Waals surface area contributed by atoms with E-state index in [1.807, 2.05) is 10.9 Å². The van der Waals surface area contributed by atoms with Gasteiger partial charge in [0.15, 0.2) is 0 Å². The summed E-state index contributed by atoms with van der Waals surface area (Å²) in [4.78, 5) is 0. The standard InChI is InChI=1S/C10H19N3/c1-8(5-11)9-6-12-13(7-9)10(2,3)4/h6-8H,5,11H2,1-4H3. The van der Waals surface area contributed by atoms with Gasteiger partial charge in [0, 0.05) is 6.20 Å². The van der Waals surface area contributed by atoms with Crippen molar-refractivity contribution in [3.8, 4) is 0 Å². The van der Waals surface area contributed by atoms with Crippen molar-refractivity contribution in [2.45, 2.75) is 39.2 Å². The van der Waals surface area contributed by atoms with Gasteiger partial charge in [-0.1, -0.05) is 6.92 Å². The van der Waals surface area contributed by atoms with Gasteiger partial charge in [-0.15, -0.1) is 0 Å². The molecule has 0 fully saturated rings. The van der Waals surface area contributed by atoms with Crippen LogP contribution >= 0.6 is 0 Å². The topological polar surface area (TPSA) is 43.8 Å². The molecule has 1 aromatic rings.